The van der Waals surface area contributed by atoms with E-state index in [1.54, 1.807) is 25.4 Å². The summed E-state index contributed by atoms with van der Waals surface area (Å²) < 4.78 is 5.50. The van der Waals surface area contributed by atoms with Crippen LogP contribution in [0, 0.1) is 0 Å². The van der Waals surface area contributed by atoms with Gasteiger partial charge in [-0.15, -0.1) is 0 Å². The number of methoxy groups -OCH3 is 1. The van der Waals surface area contributed by atoms with Crippen LogP contribution in [0.15, 0.2) is 82.8 Å². The highest BCUT2D eigenvalue weighted by Crippen LogP contribution is 2.29. The Morgan fingerprint density at radius 3 is 2.52 bits per heavy atom. The molecule has 0 saturated heterocycles. The Kier molecular flexibility index (Phi) is 7.27. The fraction of sp³-hybridized carbons (Fsp3) is 0.217. The number of para-hydroxylation sites is 1. The fourth-order valence-electron chi connectivity index (χ4n) is 3.04. The predicted octanol–water partition coefficient (Wildman–Crippen LogP) is 4.27. The molecule has 0 radical (unpaired) electrons. The van der Waals surface area contributed by atoms with Gasteiger partial charge in [0.25, 0.3) is 5.91 Å². The van der Waals surface area contributed by atoms with Crippen molar-refractivity contribution < 1.29 is 9.53 Å². The smallest absolute Gasteiger partial charge is 0.254 e. The van der Waals surface area contributed by atoms with Gasteiger partial charge in [-0.2, -0.15) is 0 Å². The van der Waals surface area contributed by atoms with Crippen LogP contribution in [0.25, 0.3) is 0 Å². The van der Waals surface area contributed by atoms with Gasteiger partial charge in [0.15, 0.2) is 0 Å². The average Bonchev–Trinajstić information content (AvgIpc) is 2.75. The molecule has 2 aromatic carbocycles. The lowest BCUT2D eigenvalue weighted by Gasteiger charge is -2.26. The first-order valence-corrected chi connectivity index (χ1v) is 10.2. The van der Waals surface area contributed by atoms with E-state index in [9.17, 15) is 4.79 Å². The fourth-order valence-corrected chi connectivity index (χ4v) is 3.94. The number of ether oxygens (including phenoxy) is 1. The van der Waals surface area contributed by atoms with Crippen LogP contribution in [0.4, 0.5) is 0 Å². The molecular formula is C23H25N3O2S. The first-order valence-electron chi connectivity index (χ1n) is 9.35. The summed E-state index contributed by atoms with van der Waals surface area (Å²) >= 11 is 1.48. The third-order valence-corrected chi connectivity index (χ3v) is 5.58. The highest BCUT2D eigenvalue weighted by molar-refractivity contribution is 7.99. The van der Waals surface area contributed by atoms with Crippen molar-refractivity contribution in [3.05, 3.63) is 84.1 Å². The highest BCUT2D eigenvalue weighted by atomic mass is 32.2. The van der Waals surface area contributed by atoms with Gasteiger partial charge in [-0.1, -0.05) is 48.2 Å². The summed E-state index contributed by atoms with van der Waals surface area (Å²) in [5.41, 5.74) is 1.60. The van der Waals surface area contributed by atoms with Crippen LogP contribution in [-0.2, 0) is 0 Å². The molecule has 1 amide bonds. The monoisotopic (exact) mass is 407 g/mol. The second-order valence-corrected chi connectivity index (χ2v) is 7.76. The molecule has 0 aliphatic rings. The van der Waals surface area contributed by atoms with Crippen molar-refractivity contribution in [2.75, 3.05) is 27.7 Å². The summed E-state index contributed by atoms with van der Waals surface area (Å²) in [5, 5.41) is 3.76. The number of likely N-dealkylation sites (N-methyl/N-ethyl adjacent to an activating group) is 1. The lowest BCUT2D eigenvalue weighted by molar-refractivity contribution is 0.0938. The summed E-state index contributed by atoms with van der Waals surface area (Å²) in [6.07, 6.45) is 1.71. The van der Waals surface area contributed by atoms with Gasteiger partial charge < -0.3 is 15.0 Å². The number of aromatic nitrogens is 1. The Labute approximate surface area is 176 Å². The summed E-state index contributed by atoms with van der Waals surface area (Å²) in [6.45, 7) is 0.455. The number of pyridine rings is 1. The number of benzene rings is 2. The maximum Gasteiger partial charge on any atom is 0.254 e. The van der Waals surface area contributed by atoms with E-state index in [1.807, 2.05) is 68.7 Å². The van der Waals surface area contributed by atoms with E-state index >= 15 is 0 Å². The number of carbonyl (C=O) groups excluding carboxylic acids is 1. The molecule has 6 heteroatoms. The maximum atomic E-state index is 13.0. The van der Waals surface area contributed by atoms with Crippen LogP contribution in [0.5, 0.6) is 5.75 Å². The first-order chi connectivity index (χ1) is 14.1. The molecule has 3 aromatic rings. The zero-order valence-corrected chi connectivity index (χ0v) is 17.6. The molecule has 1 N–H and O–H groups in total. The number of nitrogens with zero attached hydrogens (tertiary/aromatic N) is 2. The molecule has 1 heterocycles. The Morgan fingerprint density at radius 1 is 1.07 bits per heavy atom. The summed E-state index contributed by atoms with van der Waals surface area (Å²) in [7, 11) is 5.64. The number of amides is 1. The number of hydrogen-bond donors (Lipinski definition) is 1. The van der Waals surface area contributed by atoms with Crippen LogP contribution in [0.2, 0.25) is 0 Å². The zero-order chi connectivity index (χ0) is 20.6. The van der Waals surface area contributed by atoms with Gasteiger partial charge in [0.05, 0.1) is 18.7 Å². The van der Waals surface area contributed by atoms with Gasteiger partial charge >= 0.3 is 0 Å². The molecule has 0 aliphatic carbocycles. The predicted molar refractivity (Wildman–Crippen MR) is 117 cm³/mol. The van der Waals surface area contributed by atoms with Crippen molar-refractivity contribution in [1.29, 1.82) is 0 Å². The second-order valence-electron chi connectivity index (χ2n) is 6.70. The van der Waals surface area contributed by atoms with E-state index in [1.165, 1.54) is 11.8 Å². The topological polar surface area (TPSA) is 54.5 Å². The van der Waals surface area contributed by atoms with Gasteiger partial charge in [0.1, 0.15) is 10.8 Å². The van der Waals surface area contributed by atoms with E-state index < -0.39 is 0 Å². The maximum absolute atomic E-state index is 13.0. The lowest BCUT2D eigenvalue weighted by Crippen LogP contribution is -2.35. The van der Waals surface area contributed by atoms with E-state index in [2.05, 4.69) is 15.2 Å². The minimum Gasteiger partial charge on any atom is -0.496 e. The SMILES string of the molecule is COc1ccccc1C(CNC(=O)c1cccnc1Sc1ccccc1)N(C)C. The Hall–Kier alpha value is -2.83. The van der Waals surface area contributed by atoms with Crippen molar-refractivity contribution >= 4 is 17.7 Å². The lowest BCUT2D eigenvalue weighted by atomic mass is 10.0. The molecule has 3 rings (SSSR count). The highest BCUT2D eigenvalue weighted by Gasteiger charge is 2.20. The van der Waals surface area contributed by atoms with Crippen molar-refractivity contribution in [1.82, 2.24) is 15.2 Å². The van der Waals surface area contributed by atoms with Crippen molar-refractivity contribution in [3.63, 3.8) is 0 Å². The quantitative estimate of drug-likeness (QED) is 0.604. The third kappa shape index (κ3) is 5.37. The van der Waals surface area contributed by atoms with Crippen LogP contribution >= 0.6 is 11.8 Å². The average molecular weight is 408 g/mol. The Bertz CT molecular complexity index is 948. The molecule has 5 nitrogen and oxygen atoms in total. The molecule has 0 saturated carbocycles. The van der Waals surface area contributed by atoms with Crippen LogP contribution < -0.4 is 10.1 Å². The van der Waals surface area contributed by atoms with Crippen LogP contribution in [0.3, 0.4) is 0 Å². The summed E-state index contributed by atoms with van der Waals surface area (Å²) in [6, 6.07) is 21.4. The van der Waals surface area contributed by atoms with Gasteiger partial charge in [-0.05, 0) is 44.4 Å². The number of rotatable bonds is 8. The first kappa shape index (κ1) is 20.9. The largest absolute Gasteiger partial charge is 0.496 e. The van der Waals surface area contributed by atoms with Crippen LogP contribution in [0.1, 0.15) is 22.0 Å². The minimum atomic E-state index is -0.140. The number of carbonyl (C=O) groups is 1. The molecule has 0 spiro atoms. The number of hydrogen-bond acceptors (Lipinski definition) is 5. The molecule has 0 fully saturated rings. The van der Waals surface area contributed by atoms with E-state index in [4.69, 9.17) is 4.74 Å². The molecule has 0 bridgehead atoms. The van der Waals surface area contributed by atoms with Crippen molar-refractivity contribution in [2.45, 2.75) is 16.0 Å². The second kappa shape index (κ2) is 10.1. The van der Waals surface area contributed by atoms with Gasteiger partial charge in [-0.3, -0.25) is 4.79 Å². The van der Waals surface area contributed by atoms with Gasteiger partial charge in [-0.25, -0.2) is 4.98 Å². The standard InChI is InChI=1S/C23H25N3O2S/c1-26(2)20(18-12-7-8-14-21(18)28-3)16-25-22(27)19-13-9-15-24-23(19)29-17-10-5-4-6-11-17/h4-15,20H,16H2,1-3H3,(H,25,27). The molecule has 0 aliphatic heterocycles. The molecule has 1 atom stereocenters. The van der Waals surface area contributed by atoms with E-state index in [0.717, 1.165) is 16.2 Å². The molecule has 1 aromatic heterocycles. The third-order valence-electron chi connectivity index (χ3n) is 4.55. The normalized spacial score (nSPS) is 11.9. The molecule has 1 unspecified atom stereocenters. The van der Waals surface area contributed by atoms with Crippen LogP contribution in [-0.4, -0.2) is 43.5 Å². The number of nitrogens with one attached hydrogen (secondary N) is 1. The van der Waals surface area contributed by atoms with E-state index in [0.29, 0.717) is 17.1 Å². The van der Waals surface area contributed by atoms with Crippen molar-refractivity contribution in [3.8, 4) is 5.75 Å². The zero-order valence-electron chi connectivity index (χ0n) is 16.8. The summed E-state index contributed by atoms with van der Waals surface area (Å²) in [5.74, 6) is 0.667. The Morgan fingerprint density at radius 2 is 1.79 bits per heavy atom. The Balaban J connectivity index is 1.76. The van der Waals surface area contributed by atoms with Crippen molar-refractivity contribution in [2.24, 2.45) is 0 Å². The van der Waals surface area contributed by atoms with Gasteiger partial charge in [0.2, 0.25) is 0 Å². The summed E-state index contributed by atoms with van der Waals surface area (Å²) in [4.78, 5) is 20.5. The minimum absolute atomic E-state index is 0.0167. The molecule has 150 valence electrons. The van der Waals surface area contributed by atoms with E-state index in [-0.39, 0.29) is 11.9 Å². The molecule has 29 heavy (non-hydrogen) atoms. The molecular weight excluding hydrogens is 382 g/mol. The van der Waals surface area contributed by atoms with Gasteiger partial charge in [0, 0.05) is 23.2 Å².